The molecule has 0 aromatic carbocycles. The van der Waals surface area contributed by atoms with E-state index in [9.17, 15) is 14.4 Å². The van der Waals surface area contributed by atoms with Crippen LogP contribution in [0.15, 0.2) is 0 Å². The quantitative estimate of drug-likeness (QED) is 0.482. The van der Waals surface area contributed by atoms with E-state index in [-0.39, 0.29) is 12.2 Å². The molecule has 0 fully saturated rings. The summed E-state index contributed by atoms with van der Waals surface area (Å²) in [4.78, 5) is 32.7. The van der Waals surface area contributed by atoms with Crippen LogP contribution in [0.3, 0.4) is 0 Å². The van der Waals surface area contributed by atoms with Crippen LogP contribution in [0, 0.1) is 0 Å². The molecule has 5 heteroatoms. The van der Waals surface area contributed by atoms with Crippen molar-refractivity contribution in [2.75, 3.05) is 7.11 Å². The average Bonchev–Trinajstić information content (AvgIpc) is 2.11. The minimum atomic E-state index is -1.16. The Hall–Kier alpha value is -1.39. The van der Waals surface area contributed by atoms with Crippen molar-refractivity contribution in [3.63, 3.8) is 0 Å². The molecule has 0 bridgehead atoms. The Bertz CT molecular complexity index is 208. The molecule has 0 saturated heterocycles. The van der Waals surface area contributed by atoms with Gasteiger partial charge in [-0.05, 0) is 0 Å². The molecule has 1 N–H and O–H groups in total. The summed E-state index contributed by atoms with van der Waals surface area (Å²) in [5, 5.41) is 2.22. The van der Waals surface area contributed by atoms with Crippen LogP contribution < -0.4 is 5.32 Å². The molecular formula is C8H13NO4. The molecule has 1 atom stereocenters. The van der Waals surface area contributed by atoms with Gasteiger partial charge in [0.25, 0.3) is 0 Å². The first-order chi connectivity index (χ1) is 6.02. The zero-order valence-electron chi connectivity index (χ0n) is 7.92. The number of methoxy groups -OCH3 is 1. The van der Waals surface area contributed by atoms with Crippen LogP contribution in [-0.2, 0) is 19.1 Å². The van der Waals surface area contributed by atoms with Gasteiger partial charge < -0.3 is 10.1 Å². The van der Waals surface area contributed by atoms with Gasteiger partial charge in [-0.15, -0.1) is 0 Å². The number of carbonyl (C=O) groups is 3. The summed E-state index contributed by atoms with van der Waals surface area (Å²) in [6, 6.07) is -1.16. The fourth-order valence-electron chi connectivity index (χ4n) is 0.796. The Balaban J connectivity index is 4.45. The van der Waals surface area contributed by atoms with Gasteiger partial charge in [-0.2, -0.15) is 0 Å². The Morgan fingerprint density at radius 3 is 2.23 bits per heavy atom. The summed E-state index contributed by atoms with van der Waals surface area (Å²) in [5.74, 6) is -1.53. The standard InChI is InChI=1S/C8H13NO4/c1-4-6(11)7(8(12)13-3)9-5(2)10/h7H,4H2,1-3H3,(H,9,10). The molecule has 1 amide bonds. The van der Waals surface area contributed by atoms with Crippen LogP contribution in [0.25, 0.3) is 0 Å². The second-order valence-corrected chi connectivity index (χ2v) is 2.48. The molecule has 0 spiro atoms. The summed E-state index contributed by atoms with van der Waals surface area (Å²) in [5.41, 5.74) is 0. The third-order valence-electron chi connectivity index (χ3n) is 1.45. The van der Waals surface area contributed by atoms with Gasteiger partial charge in [0, 0.05) is 13.3 Å². The molecule has 1 unspecified atom stereocenters. The predicted octanol–water partition coefficient (Wildman–Crippen LogP) is -0.357. The minimum Gasteiger partial charge on any atom is -0.467 e. The first kappa shape index (κ1) is 11.6. The highest BCUT2D eigenvalue weighted by atomic mass is 16.5. The van der Waals surface area contributed by atoms with Gasteiger partial charge in [0.2, 0.25) is 5.91 Å². The number of ether oxygens (including phenoxy) is 1. The van der Waals surface area contributed by atoms with Crippen LogP contribution in [0.5, 0.6) is 0 Å². The lowest BCUT2D eigenvalue weighted by Gasteiger charge is -2.12. The van der Waals surface area contributed by atoms with E-state index in [0.717, 1.165) is 0 Å². The summed E-state index contributed by atoms with van der Waals surface area (Å²) < 4.78 is 4.36. The molecule has 0 aliphatic heterocycles. The van der Waals surface area contributed by atoms with Gasteiger partial charge in [-0.25, -0.2) is 4.79 Å². The van der Waals surface area contributed by atoms with Crippen molar-refractivity contribution in [2.45, 2.75) is 26.3 Å². The molecule has 0 saturated carbocycles. The zero-order chi connectivity index (χ0) is 10.4. The van der Waals surface area contributed by atoms with Crippen molar-refractivity contribution < 1.29 is 19.1 Å². The van der Waals surface area contributed by atoms with E-state index >= 15 is 0 Å². The Morgan fingerprint density at radius 2 is 1.92 bits per heavy atom. The SMILES string of the molecule is CCC(=O)C(NC(C)=O)C(=O)OC. The van der Waals surface area contributed by atoms with Crippen LogP contribution in [0.2, 0.25) is 0 Å². The second-order valence-electron chi connectivity index (χ2n) is 2.48. The molecular weight excluding hydrogens is 174 g/mol. The number of amides is 1. The maximum Gasteiger partial charge on any atom is 0.336 e. The molecule has 0 heterocycles. The number of esters is 1. The smallest absolute Gasteiger partial charge is 0.336 e. The maximum absolute atomic E-state index is 11.1. The lowest BCUT2D eigenvalue weighted by Crippen LogP contribution is -2.46. The van der Waals surface area contributed by atoms with E-state index in [4.69, 9.17) is 0 Å². The number of hydrogen-bond donors (Lipinski definition) is 1. The minimum absolute atomic E-state index is 0.181. The second kappa shape index (κ2) is 5.29. The largest absolute Gasteiger partial charge is 0.467 e. The fraction of sp³-hybridized carbons (Fsp3) is 0.625. The van der Waals surface area contributed by atoms with E-state index in [1.165, 1.54) is 14.0 Å². The molecule has 0 rings (SSSR count). The first-order valence-electron chi connectivity index (χ1n) is 3.90. The predicted molar refractivity (Wildman–Crippen MR) is 44.9 cm³/mol. The molecule has 74 valence electrons. The Kier molecular flexibility index (Phi) is 4.72. The van der Waals surface area contributed by atoms with Gasteiger partial charge >= 0.3 is 5.97 Å². The Morgan fingerprint density at radius 1 is 1.38 bits per heavy atom. The normalized spacial score (nSPS) is 11.6. The van der Waals surface area contributed by atoms with Crippen molar-refractivity contribution in [2.24, 2.45) is 0 Å². The summed E-state index contributed by atoms with van der Waals surface area (Å²) in [6.45, 7) is 2.85. The maximum atomic E-state index is 11.1. The number of Topliss-reactive ketones (excluding diaryl/α,β-unsaturated/α-hetero) is 1. The first-order valence-corrected chi connectivity index (χ1v) is 3.90. The molecule has 0 aromatic heterocycles. The average molecular weight is 187 g/mol. The monoisotopic (exact) mass is 187 g/mol. The number of rotatable bonds is 4. The topological polar surface area (TPSA) is 72.5 Å². The number of carbonyl (C=O) groups excluding carboxylic acids is 3. The molecule has 0 aliphatic rings. The lowest BCUT2D eigenvalue weighted by molar-refractivity contribution is -0.148. The highest BCUT2D eigenvalue weighted by Gasteiger charge is 2.26. The Labute approximate surface area is 76.4 Å². The van der Waals surface area contributed by atoms with Gasteiger partial charge in [-0.1, -0.05) is 6.92 Å². The van der Waals surface area contributed by atoms with Crippen molar-refractivity contribution in [1.29, 1.82) is 0 Å². The molecule has 5 nitrogen and oxygen atoms in total. The molecule has 0 aromatic rings. The fourth-order valence-corrected chi connectivity index (χ4v) is 0.796. The van der Waals surface area contributed by atoms with E-state index in [1.807, 2.05) is 0 Å². The van der Waals surface area contributed by atoms with Gasteiger partial charge in [-0.3, -0.25) is 9.59 Å². The van der Waals surface area contributed by atoms with Crippen LogP contribution in [-0.4, -0.2) is 30.8 Å². The van der Waals surface area contributed by atoms with Gasteiger partial charge in [0.1, 0.15) is 0 Å². The highest BCUT2D eigenvalue weighted by molar-refractivity contribution is 6.05. The van der Waals surface area contributed by atoms with E-state index in [0.29, 0.717) is 0 Å². The lowest BCUT2D eigenvalue weighted by atomic mass is 10.1. The number of hydrogen-bond acceptors (Lipinski definition) is 4. The summed E-state index contributed by atoms with van der Waals surface area (Å²) in [6.07, 6.45) is 0.181. The molecule has 13 heavy (non-hydrogen) atoms. The van der Waals surface area contributed by atoms with E-state index < -0.39 is 17.9 Å². The van der Waals surface area contributed by atoms with E-state index in [2.05, 4.69) is 10.1 Å². The van der Waals surface area contributed by atoms with Crippen LogP contribution in [0.1, 0.15) is 20.3 Å². The molecule has 0 radical (unpaired) electrons. The number of ketones is 1. The third-order valence-corrected chi connectivity index (χ3v) is 1.45. The van der Waals surface area contributed by atoms with Crippen LogP contribution in [0.4, 0.5) is 0 Å². The third kappa shape index (κ3) is 3.68. The number of nitrogens with one attached hydrogen (secondary N) is 1. The van der Waals surface area contributed by atoms with E-state index in [1.54, 1.807) is 6.92 Å². The van der Waals surface area contributed by atoms with Gasteiger partial charge in [0.15, 0.2) is 11.8 Å². The zero-order valence-corrected chi connectivity index (χ0v) is 7.92. The van der Waals surface area contributed by atoms with Gasteiger partial charge in [0.05, 0.1) is 7.11 Å². The summed E-state index contributed by atoms with van der Waals surface area (Å²) >= 11 is 0. The van der Waals surface area contributed by atoms with Crippen molar-refractivity contribution >= 4 is 17.7 Å². The molecule has 0 aliphatic carbocycles. The van der Waals surface area contributed by atoms with Crippen molar-refractivity contribution in [1.82, 2.24) is 5.32 Å². The highest BCUT2D eigenvalue weighted by Crippen LogP contribution is 1.94. The van der Waals surface area contributed by atoms with Crippen molar-refractivity contribution in [3.8, 4) is 0 Å². The van der Waals surface area contributed by atoms with Crippen LogP contribution >= 0.6 is 0 Å². The van der Waals surface area contributed by atoms with Crippen molar-refractivity contribution in [3.05, 3.63) is 0 Å². The summed E-state index contributed by atoms with van der Waals surface area (Å²) in [7, 11) is 1.17.